The molecule has 5 nitrogen and oxygen atoms in total. The molecule has 1 aromatic carbocycles. The number of nitrogens with zero attached hydrogens (tertiary/aromatic N) is 1. The molecule has 0 spiro atoms. The van der Waals surface area contributed by atoms with E-state index in [4.69, 9.17) is 0 Å². The first-order chi connectivity index (χ1) is 7.15. The molecule has 8 heteroatoms. The maximum atomic E-state index is 12.5. The minimum absolute atomic E-state index is 0.0927. The molecule has 0 atom stereocenters. The number of halogens is 1. The lowest BCUT2D eigenvalue weighted by Crippen LogP contribution is -2.22. The SMILES string of the molecule is CN(C)S(=O)(=O)c1ccc(S(=O)(=O)F)cc1. The van der Waals surface area contributed by atoms with Gasteiger partial charge in [0.2, 0.25) is 10.0 Å². The van der Waals surface area contributed by atoms with Gasteiger partial charge in [-0.25, -0.2) is 12.7 Å². The molecule has 0 saturated carbocycles. The predicted molar refractivity (Wildman–Crippen MR) is 55.6 cm³/mol. The van der Waals surface area contributed by atoms with Crippen molar-refractivity contribution in [1.82, 2.24) is 4.31 Å². The molecule has 0 N–H and O–H groups in total. The molecule has 0 fully saturated rings. The molecule has 1 aromatic rings. The minimum atomic E-state index is -4.79. The highest BCUT2D eigenvalue weighted by molar-refractivity contribution is 7.89. The Kier molecular flexibility index (Phi) is 3.36. The van der Waals surface area contributed by atoms with E-state index in [1.165, 1.54) is 14.1 Å². The Labute approximate surface area is 93.8 Å². The van der Waals surface area contributed by atoms with Crippen LogP contribution in [-0.2, 0) is 20.2 Å². The van der Waals surface area contributed by atoms with Crippen LogP contribution in [0.15, 0.2) is 34.1 Å². The number of hydrogen-bond donors (Lipinski definition) is 0. The number of hydrogen-bond acceptors (Lipinski definition) is 4. The number of sulfonamides is 1. The van der Waals surface area contributed by atoms with Crippen molar-refractivity contribution in [2.45, 2.75) is 9.79 Å². The van der Waals surface area contributed by atoms with Crippen LogP contribution in [0.2, 0.25) is 0 Å². The van der Waals surface area contributed by atoms with Crippen molar-refractivity contribution in [2.75, 3.05) is 14.1 Å². The fraction of sp³-hybridized carbons (Fsp3) is 0.250. The molecule has 0 aliphatic rings. The van der Waals surface area contributed by atoms with Crippen LogP contribution in [0.1, 0.15) is 0 Å². The second-order valence-electron chi connectivity index (χ2n) is 3.20. The molecule has 16 heavy (non-hydrogen) atoms. The van der Waals surface area contributed by atoms with Gasteiger partial charge in [0.1, 0.15) is 0 Å². The monoisotopic (exact) mass is 267 g/mol. The predicted octanol–water partition coefficient (Wildman–Crippen LogP) is 0.595. The van der Waals surface area contributed by atoms with Crippen molar-refractivity contribution >= 4 is 20.2 Å². The smallest absolute Gasteiger partial charge is 0.207 e. The van der Waals surface area contributed by atoms with Gasteiger partial charge in [0.05, 0.1) is 9.79 Å². The summed E-state index contributed by atoms with van der Waals surface area (Å²) in [5, 5.41) is 0. The topological polar surface area (TPSA) is 71.5 Å². The zero-order valence-corrected chi connectivity index (χ0v) is 10.2. The molecule has 0 heterocycles. The fourth-order valence-electron chi connectivity index (χ4n) is 0.985. The molecule has 0 unspecified atom stereocenters. The second-order valence-corrected chi connectivity index (χ2v) is 6.70. The van der Waals surface area contributed by atoms with E-state index >= 15 is 0 Å². The van der Waals surface area contributed by atoms with E-state index in [1.807, 2.05) is 0 Å². The molecule has 0 saturated heterocycles. The summed E-state index contributed by atoms with van der Waals surface area (Å²) in [5.41, 5.74) is 0. The third kappa shape index (κ3) is 2.57. The Morgan fingerprint density at radius 1 is 0.938 bits per heavy atom. The lowest BCUT2D eigenvalue weighted by molar-refractivity contribution is 0.520. The molecule has 1 rings (SSSR count). The summed E-state index contributed by atoms with van der Waals surface area (Å²) in [6, 6.07) is 3.90. The summed E-state index contributed by atoms with van der Waals surface area (Å²) in [7, 11) is -5.73. The third-order valence-electron chi connectivity index (χ3n) is 1.88. The number of rotatable bonds is 3. The maximum Gasteiger partial charge on any atom is 0.332 e. The van der Waals surface area contributed by atoms with Gasteiger partial charge in [-0.1, -0.05) is 0 Å². The van der Waals surface area contributed by atoms with E-state index < -0.39 is 25.1 Å². The Bertz CT molecular complexity index is 575. The molecule has 0 amide bonds. The van der Waals surface area contributed by atoms with Gasteiger partial charge >= 0.3 is 10.2 Å². The zero-order valence-electron chi connectivity index (χ0n) is 8.58. The Hall–Kier alpha value is -0.990. The molecule has 0 bridgehead atoms. The Morgan fingerprint density at radius 2 is 1.31 bits per heavy atom. The van der Waals surface area contributed by atoms with Gasteiger partial charge in [0, 0.05) is 14.1 Å². The van der Waals surface area contributed by atoms with E-state index in [9.17, 15) is 20.7 Å². The number of benzene rings is 1. The van der Waals surface area contributed by atoms with E-state index in [2.05, 4.69) is 0 Å². The summed E-state index contributed by atoms with van der Waals surface area (Å²) in [6.07, 6.45) is 0. The van der Waals surface area contributed by atoms with Crippen LogP contribution >= 0.6 is 0 Å². The first kappa shape index (κ1) is 13.1. The van der Waals surface area contributed by atoms with E-state index in [1.54, 1.807) is 0 Å². The summed E-state index contributed by atoms with van der Waals surface area (Å²) >= 11 is 0. The molecule has 0 aliphatic carbocycles. The summed E-state index contributed by atoms with van der Waals surface area (Å²) < 4.78 is 57.7. The minimum Gasteiger partial charge on any atom is -0.207 e. The molecule has 0 radical (unpaired) electrons. The first-order valence-electron chi connectivity index (χ1n) is 4.13. The summed E-state index contributed by atoms with van der Waals surface area (Å²) in [5.74, 6) is 0. The van der Waals surface area contributed by atoms with Crippen LogP contribution in [0.25, 0.3) is 0 Å². The van der Waals surface area contributed by atoms with Crippen molar-refractivity contribution in [2.24, 2.45) is 0 Å². The van der Waals surface area contributed by atoms with Crippen molar-refractivity contribution in [3.05, 3.63) is 24.3 Å². The van der Waals surface area contributed by atoms with Crippen LogP contribution in [0.3, 0.4) is 0 Å². The van der Waals surface area contributed by atoms with Crippen molar-refractivity contribution in [3.8, 4) is 0 Å². The van der Waals surface area contributed by atoms with Crippen LogP contribution < -0.4 is 0 Å². The normalized spacial score (nSPS) is 13.0. The first-order valence-corrected chi connectivity index (χ1v) is 6.95. The lowest BCUT2D eigenvalue weighted by Gasteiger charge is -2.10. The van der Waals surface area contributed by atoms with E-state index in [0.717, 1.165) is 28.6 Å². The Morgan fingerprint density at radius 3 is 1.62 bits per heavy atom. The second kappa shape index (κ2) is 4.11. The largest absolute Gasteiger partial charge is 0.332 e. The molecular weight excluding hydrogens is 257 g/mol. The summed E-state index contributed by atoms with van der Waals surface area (Å²) in [6.45, 7) is 0. The van der Waals surface area contributed by atoms with Crippen LogP contribution in [0, 0.1) is 0 Å². The van der Waals surface area contributed by atoms with Crippen LogP contribution in [0.4, 0.5) is 3.89 Å². The maximum absolute atomic E-state index is 12.5. The quantitative estimate of drug-likeness (QED) is 0.752. The highest BCUT2D eigenvalue weighted by Gasteiger charge is 2.18. The van der Waals surface area contributed by atoms with E-state index in [-0.39, 0.29) is 4.90 Å². The van der Waals surface area contributed by atoms with Gasteiger partial charge in [0.15, 0.2) is 0 Å². The fourth-order valence-corrected chi connectivity index (χ4v) is 2.35. The van der Waals surface area contributed by atoms with E-state index in [0.29, 0.717) is 0 Å². The summed E-state index contributed by atoms with van der Waals surface area (Å²) in [4.78, 5) is -0.657. The van der Waals surface area contributed by atoms with Gasteiger partial charge in [-0.2, -0.15) is 8.42 Å². The van der Waals surface area contributed by atoms with Crippen LogP contribution in [0.5, 0.6) is 0 Å². The molecular formula is C8H10FNO4S2. The van der Waals surface area contributed by atoms with Gasteiger partial charge in [-0.15, -0.1) is 3.89 Å². The molecule has 0 aromatic heterocycles. The van der Waals surface area contributed by atoms with Gasteiger partial charge in [-0.05, 0) is 24.3 Å². The zero-order chi connectivity index (χ0) is 12.6. The van der Waals surface area contributed by atoms with Crippen LogP contribution in [-0.4, -0.2) is 35.2 Å². The van der Waals surface area contributed by atoms with Gasteiger partial charge in [0.25, 0.3) is 0 Å². The highest BCUT2D eigenvalue weighted by atomic mass is 32.3. The third-order valence-corrected chi connectivity index (χ3v) is 4.55. The van der Waals surface area contributed by atoms with Crippen molar-refractivity contribution < 1.29 is 20.7 Å². The lowest BCUT2D eigenvalue weighted by atomic mass is 10.4. The van der Waals surface area contributed by atoms with Crippen molar-refractivity contribution in [1.29, 1.82) is 0 Å². The molecule has 0 aliphatic heterocycles. The molecule has 90 valence electrons. The van der Waals surface area contributed by atoms with Crippen molar-refractivity contribution in [3.63, 3.8) is 0 Å². The highest BCUT2D eigenvalue weighted by Crippen LogP contribution is 2.17. The average Bonchev–Trinajstić information content (AvgIpc) is 2.16. The standard InChI is InChI=1S/C8H10FNO4S2/c1-10(2)16(13,14)8-5-3-7(4-6-8)15(9,11)12/h3-6H,1-2H3. The van der Waals surface area contributed by atoms with Gasteiger partial charge in [-0.3, -0.25) is 0 Å². The Balaban J connectivity index is 3.25. The van der Waals surface area contributed by atoms with Gasteiger partial charge < -0.3 is 0 Å². The average molecular weight is 267 g/mol.